The third-order valence-corrected chi connectivity index (χ3v) is 5.75. The Morgan fingerprint density at radius 3 is 2.48 bits per heavy atom. The zero-order valence-corrected chi connectivity index (χ0v) is 16.6. The highest BCUT2D eigenvalue weighted by atomic mass is 16.2. The Morgan fingerprint density at radius 1 is 1.11 bits per heavy atom. The van der Waals surface area contributed by atoms with Gasteiger partial charge in [-0.15, -0.1) is 0 Å². The van der Waals surface area contributed by atoms with Crippen LogP contribution in [-0.4, -0.2) is 49.0 Å². The number of rotatable bonds is 6. The molecule has 0 unspecified atom stereocenters. The van der Waals surface area contributed by atoms with Crippen LogP contribution in [0, 0.1) is 5.92 Å². The molecule has 1 aromatic carbocycles. The molecule has 2 N–H and O–H groups in total. The van der Waals surface area contributed by atoms with Gasteiger partial charge in [-0.2, -0.15) is 0 Å². The number of nitrogens with zero attached hydrogens (tertiary/aromatic N) is 2. The Kier molecular flexibility index (Phi) is 7.55. The van der Waals surface area contributed by atoms with Crippen LogP contribution in [0.25, 0.3) is 0 Å². The molecule has 1 aliphatic heterocycles. The summed E-state index contributed by atoms with van der Waals surface area (Å²) in [6.45, 7) is 4.84. The van der Waals surface area contributed by atoms with E-state index >= 15 is 0 Å². The van der Waals surface area contributed by atoms with Gasteiger partial charge >= 0.3 is 0 Å². The number of benzene rings is 1. The number of hydrogen-bond donors (Lipinski definition) is 2. The van der Waals surface area contributed by atoms with E-state index in [1.165, 1.54) is 31.2 Å². The molecule has 1 amide bonds. The second kappa shape index (κ2) is 10.3. The fraction of sp³-hybridized carbons (Fsp3) is 0.636. The van der Waals surface area contributed by atoms with Crippen LogP contribution in [-0.2, 0) is 11.2 Å². The van der Waals surface area contributed by atoms with Gasteiger partial charge in [-0.25, -0.2) is 4.99 Å². The predicted molar refractivity (Wildman–Crippen MR) is 111 cm³/mol. The topological polar surface area (TPSA) is 56.7 Å². The van der Waals surface area contributed by atoms with E-state index in [2.05, 4.69) is 52.9 Å². The van der Waals surface area contributed by atoms with Crippen molar-refractivity contribution in [3.05, 3.63) is 35.9 Å². The molecule has 1 aliphatic carbocycles. The molecular formula is C22H34N4O. The third kappa shape index (κ3) is 6.26. The first-order chi connectivity index (χ1) is 13.2. The Bertz CT molecular complexity index is 602. The van der Waals surface area contributed by atoms with Gasteiger partial charge in [0.05, 0.1) is 0 Å². The van der Waals surface area contributed by atoms with Gasteiger partial charge in [0.1, 0.15) is 6.54 Å². The lowest BCUT2D eigenvalue weighted by Gasteiger charge is -2.32. The minimum atomic E-state index is 0.150. The molecule has 27 heavy (non-hydrogen) atoms. The molecule has 0 atom stereocenters. The van der Waals surface area contributed by atoms with Crippen molar-refractivity contribution < 1.29 is 4.79 Å². The van der Waals surface area contributed by atoms with Gasteiger partial charge in [0.2, 0.25) is 5.91 Å². The van der Waals surface area contributed by atoms with Gasteiger partial charge < -0.3 is 15.5 Å². The first-order valence-corrected chi connectivity index (χ1v) is 10.6. The summed E-state index contributed by atoms with van der Waals surface area (Å²) in [5.41, 5.74) is 1.40. The van der Waals surface area contributed by atoms with Crippen LogP contribution in [0.3, 0.4) is 0 Å². The van der Waals surface area contributed by atoms with Crippen LogP contribution < -0.4 is 10.6 Å². The molecule has 0 aromatic heterocycles. The molecule has 1 aromatic rings. The molecule has 1 heterocycles. The lowest BCUT2D eigenvalue weighted by atomic mass is 9.90. The number of piperidine rings is 1. The maximum Gasteiger partial charge on any atom is 0.244 e. The number of hydrogen-bond acceptors (Lipinski definition) is 2. The summed E-state index contributed by atoms with van der Waals surface area (Å²) in [7, 11) is 0. The van der Waals surface area contributed by atoms with Crippen molar-refractivity contribution in [2.45, 2.75) is 57.9 Å². The fourth-order valence-electron chi connectivity index (χ4n) is 4.16. The summed E-state index contributed by atoms with van der Waals surface area (Å²) in [5.74, 6) is 1.62. The van der Waals surface area contributed by atoms with E-state index < -0.39 is 0 Å². The molecule has 0 bridgehead atoms. The number of nitrogens with one attached hydrogen (secondary N) is 2. The summed E-state index contributed by atoms with van der Waals surface area (Å²) < 4.78 is 0. The number of guanidine groups is 1. The van der Waals surface area contributed by atoms with Gasteiger partial charge in [0, 0.05) is 25.7 Å². The van der Waals surface area contributed by atoms with E-state index in [0.29, 0.717) is 12.0 Å². The van der Waals surface area contributed by atoms with Crippen LogP contribution in [0.5, 0.6) is 0 Å². The van der Waals surface area contributed by atoms with E-state index in [-0.39, 0.29) is 12.5 Å². The minimum absolute atomic E-state index is 0.150. The van der Waals surface area contributed by atoms with Crippen LogP contribution in [0.15, 0.2) is 35.3 Å². The summed E-state index contributed by atoms with van der Waals surface area (Å²) in [5, 5.41) is 6.75. The first kappa shape index (κ1) is 19.7. The monoisotopic (exact) mass is 370 g/mol. The van der Waals surface area contributed by atoms with Crippen molar-refractivity contribution >= 4 is 11.9 Å². The molecule has 5 nitrogen and oxygen atoms in total. The van der Waals surface area contributed by atoms with E-state index in [0.717, 1.165) is 44.9 Å². The summed E-state index contributed by atoms with van der Waals surface area (Å²) >= 11 is 0. The number of carbonyl (C=O) groups excluding carboxylic acids is 1. The molecule has 1 saturated heterocycles. The first-order valence-electron chi connectivity index (χ1n) is 10.6. The molecule has 1 saturated carbocycles. The van der Waals surface area contributed by atoms with E-state index in [1.54, 1.807) is 0 Å². The maximum atomic E-state index is 12.6. The quantitative estimate of drug-likeness (QED) is 0.598. The van der Waals surface area contributed by atoms with Crippen molar-refractivity contribution in [3.8, 4) is 0 Å². The summed E-state index contributed by atoms with van der Waals surface area (Å²) in [6, 6.07) is 11.2. The average molecular weight is 371 g/mol. The van der Waals surface area contributed by atoms with E-state index in [1.807, 2.05) is 4.90 Å². The Balaban J connectivity index is 1.43. The normalized spacial score (nSPS) is 19.3. The van der Waals surface area contributed by atoms with Crippen LogP contribution in [0.4, 0.5) is 0 Å². The van der Waals surface area contributed by atoms with Crippen molar-refractivity contribution in [1.29, 1.82) is 0 Å². The van der Waals surface area contributed by atoms with Crippen molar-refractivity contribution in [1.82, 2.24) is 15.5 Å². The largest absolute Gasteiger partial charge is 0.357 e. The molecular weight excluding hydrogens is 336 g/mol. The smallest absolute Gasteiger partial charge is 0.244 e. The summed E-state index contributed by atoms with van der Waals surface area (Å²) in [6.07, 6.45) is 8.27. The Morgan fingerprint density at radius 2 is 1.81 bits per heavy atom. The highest BCUT2D eigenvalue weighted by molar-refractivity contribution is 5.85. The third-order valence-electron chi connectivity index (χ3n) is 5.75. The standard InChI is InChI=1S/C22H34N4O/c1-2-23-22(25-20-10-6-7-11-20)24-17-21(27)26-14-12-19(13-15-26)16-18-8-4-3-5-9-18/h3-5,8-9,19-20H,2,6-7,10-17H2,1H3,(H2,23,24,25). The minimum Gasteiger partial charge on any atom is -0.357 e. The Hall–Kier alpha value is -2.04. The molecule has 148 valence electrons. The highest BCUT2D eigenvalue weighted by Gasteiger charge is 2.23. The molecule has 2 aliphatic rings. The number of aliphatic imine (C=N–C) groups is 1. The average Bonchev–Trinajstić information content (AvgIpc) is 3.20. The zero-order valence-electron chi connectivity index (χ0n) is 16.6. The van der Waals surface area contributed by atoms with Crippen molar-refractivity contribution in [3.63, 3.8) is 0 Å². The highest BCUT2D eigenvalue weighted by Crippen LogP contribution is 2.21. The van der Waals surface area contributed by atoms with Gasteiger partial charge in [-0.1, -0.05) is 43.2 Å². The fourth-order valence-corrected chi connectivity index (χ4v) is 4.16. The van der Waals surface area contributed by atoms with E-state index in [9.17, 15) is 4.79 Å². The SMILES string of the molecule is CCNC(=NCC(=O)N1CCC(Cc2ccccc2)CC1)NC1CCCC1. The number of likely N-dealkylation sites (tertiary alicyclic amines) is 1. The predicted octanol–water partition coefficient (Wildman–Crippen LogP) is 2.97. The van der Waals surface area contributed by atoms with Crippen molar-refractivity contribution in [2.75, 3.05) is 26.2 Å². The van der Waals surface area contributed by atoms with Gasteiger partial charge in [-0.3, -0.25) is 4.79 Å². The number of carbonyl (C=O) groups is 1. The lowest BCUT2D eigenvalue weighted by Crippen LogP contribution is -2.44. The van der Waals surface area contributed by atoms with Crippen molar-refractivity contribution in [2.24, 2.45) is 10.9 Å². The number of amides is 1. The maximum absolute atomic E-state index is 12.6. The van der Waals surface area contributed by atoms with Gasteiger partial charge in [0.25, 0.3) is 0 Å². The van der Waals surface area contributed by atoms with Gasteiger partial charge in [-0.05, 0) is 50.5 Å². The van der Waals surface area contributed by atoms with Gasteiger partial charge in [0.15, 0.2) is 5.96 Å². The second-order valence-corrected chi connectivity index (χ2v) is 7.83. The molecule has 0 spiro atoms. The van der Waals surface area contributed by atoms with Crippen LogP contribution >= 0.6 is 0 Å². The molecule has 3 rings (SSSR count). The van der Waals surface area contributed by atoms with E-state index in [4.69, 9.17) is 0 Å². The Labute approximate surface area is 163 Å². The zero-order chi connectivity index (χ0) is 18.9. The van der Waals surface area contributed by atoms with Crippen LogP contribution in [0.1, 0.15) is 51.0 Å². The lowest BCUT2D eigenvalue weighted by molar-refractivity contribution is -0.130. The summed E-state index contributed by atoms with van der Waals surface area (Å²) in [4.78, 5) is 19.1. The molecule has 2 fully saturated rings. The molecule has 0 radical (unpaired) electrons. The second-order valence-electron chi connectivity index (χ2n) is 7.83. The molecule has 5 heteroatoms. The van der Waals surface area contributed by atoms with Crippen LogP contribution in [0.2, 0.25) is 0 Å².